The molecule has 0 N–H and O–H groups in total. The summed E-state index contributed by atoms with van der Waals surface area (Å²) >= 11 is 0. The zero-order valence-corrected chi connectivity index (χ0v) is 5.58. The SMILES string of the molecule is [B]C(C)(F)CCCC. The van der Waals surface area contributed by atoms with Crippen molar-refractivity contribution in [2.24, 2.45) is 0 Å². The summed E-state index contributed by atoms with van der Waals surface area (Å²) in [6.45, 7) is 3.42. The third kappa shape index (κ3) is 5.99. The van der Waals surface area contributed by atoms with Gasteiger partial charge < -0.3 is 0 Å². The molecule has 8 heavy (non-hydrogen) atoms. The van der Waals surface area contributed by atoms with Gasteiger partial charge in [0.1, 0.15) is 7.85 Å². The second kappa shape index (κ2) is 3.11. The Balaban J connectivity index is 3.11. The lowest BCUT2D eigenvalue weighted by atomic mass is 9.81. The molecular weight excluding hydrogens is 102 g/mol. The van der Waals surface area contributed by atoms with Crippen molar-refractivity contribution in [3.63, 3.8) is 0 Å². The molecule has 0 saturated carbocycles. The van der Waals surface area contributed by atoms with Gasteiger partial charge in [-0.2, -0.15) is 0 Å². The molecule has 0 aliphatic rings. The normalized spacial score (nSPS) is 17.9. The van der Waals surface area contributed by atoms with Crippen LogP contribution in [0.1, 0.15) is 33.1 Å². The van der Waals surface area contributed by atoms with E-state index in [4.69, 9.17) is 7.85 Å². The lowest BCUT2D eigenvalue weighted by Gasteiger charge is -2.12. The fourth-order valence-corrected chi connectivity index (χ4v) is 0.522. The highest BCUT2D eigenvalue weighted by atomic mass is 19.1. The molecule has 0 aliphatic carbocycles. The highest BCUT2D eigenvalue weighted by Gasteiger charge is 2.12. The zero-order chi connectivity index (χ0) is 6.62. The summed E-state index contributed by atoms with van der Waals surface area (Å²) in [6, 6.07) is 0. The first-order valence-electron chi connectivity index (χ1n) is 3.04. The maximum absolute atomic E-state index is 12.4. The lowest BCUT2D eigenvalue weighted by molar-refractivity contribution is 0.279. The van der Waals surface area contributed by atoms with Crippen molar-refractivity contribution in [3.8, 4) is 0 Å². The summed E-state index contributed by atoms with van der Waals surface area (Å²) in [5.74, 6) is 0. The largest absolute Gasteiger partial charge is 0.255 e. The third-order valence-electron chi connectivity index (χ3n) is 1.02. The smallest absolute Gasteiger partial charge is 0.120 e. The van der Waals surface area contributed by atoms with E-state index in [1.165, 1.54) is 6.92 Å². The molecular formula is C6H12BF. The quantitative estimate of drug-likeness (QED) is 0.492. The highest BCUT2D eigenvalue weighted by Crippen LogP contribution is 2.12. The predicted molar refractivity (Wildman–Crippen MR) is 34.8 cm³/mol. The molecule has 0 aliphatic heterocycles. The molecule has 0 bridgehead atoms. The minimum absolute atomic E-state index is 0.476. The molecule has 1 unspecified atom stereocenters. The predicted octanol–water partition coefficient (Wildman–Crippen LogP) is 2.03. The van der Waals surface area contributed by atoms with Gasteiger partial charge in [-0.1, -0.05) is 19.8 Å². The number of alkyl halides is 1. The van der Waals surface area contributed by atoms with E-state index < -0.39 is 5.57 Å². The average molecular weight is 114 g/mol. The van der Waals surface area contributed by atoms with E-state index >= 15 is 0 Å². The van der Waals surface area contributed by atoms with E-state index in [0.29, 0.717) is 6.42 Å². The van der Waals surface area contributed by atoms with E-state index in [-0.39, 0.29) is 0 Å². The minimum Gasteiger partial charge on any atom is -0.255 e. The molecule has 0 spiro atoms. The zero-order valence-electron chi connectivity index (χ0n) is 5.58. The molecule has 0 rings (SSSR count). The van der Waals surface area contributed by atoms with Gasteiger partial charge in [0.15, 0.2) is 0 Å². The van der Waals surface area contributed by atoms with E-state index in [1.807, 2.05) is 6.92 Å². The van der Waals surface area contributed by atoms with Gasteiger partial charge in [-0.05, 0) is 13.3 Å². The Labute approximate surface area is 51.9 Å². The second-order valence-corrected chi connectivity index (χ2v) is 2.38. The van der Waals surface area contributed by atoms with Crippen LogP contribution >= 0.6 is 0 Å². The molecule has 0 aromatic rings. The lowest BCUT2D eigenvalue weighted by Crippen LogP contribution is -2.16. The van der Waals surface area contributed by atoms with Gasteiger partial charge in [0, 0.05) is 0 Å². The van der Waals surface area contributed by atoms with Crippen LogP contribution in [0.5, 0.6) is 0 Å². The van der Waals surface area contributed by atoms with Crippen LogP contribution in [-0.2, 0) is 0 Å². The van der Waals surface area contributed by atoms with Gasteiger partial charge in [0.25, 0.3) is 0 Å². The topological polar surface area (TPSA) is 0 Å². The van der Waals surface area contributed by atoms with Crippen LogP contribution < -0.4 is 0 Å². The first-order chi connectivity index (χ1) is 3.56. The van der Waals surface area contributed by atoms with Crippen LogP contribution in [-0.4, -0.2) is 13.4 Å². The van der Waals surface area contributed by atoms with Crippen LogP contribution in [0.2, 0.25) is 0 Å². The average Bonchev–Trinajstić information content (AvgIpc) is 1.59. The maximum Gasteiger partial charge on any atom is 0.120 e. The molecule has 0 heterocycles. The van der Waals surface area contributed by atoms with E-state index in [2.05, 4.69) is 0 Å². The molecule has 46 valence electrons. The van der Waals surface area contributed by atoms with Crippen LogP contribution in [0.15, 0.2) is 0 Å². The Morgan fingerprint density at radius 3 is 2.25 bits per heavy atom. The number of hydrogen-bond acceptors (Lipinski definition) is 0. The van der Waals surface area contributed by atoms with Gasteiger partial charge in [-0.25, -0.2) is 0 Å². The number of rotatable bonds is 3. The minimum atomic E-state index is -1.45. The fraction of sp³-hybridized carbons (Fsp3) is 1.00. The Bertz CT molecular complexity index is 56.0. The summed E-state index contributed by atoms with van der Waals surface area (Å²) in [4.78, 5) is 0. The van der Waals surface area contributed by atoms with Gasteiger partial charge in [-0.15, -0.1) is 0 Å². The molecule has 0 aromatic heterocycles. The maximum atomic E-state index is 12.4. The first-order valence-corrected chi connectivity index (χ1v) is 3.04. The number of unbranched alkanes of at least 4 members (excludes halogenated alkanes) is 1. The summed E-state index contributed by atoms with van der Waals surface area (Å²) in [7, 11) is 5.05. The number of hydrogen-bond donors (Lipinski definition) is 0. The van der Waals surface area contributed by atoms with Crippen molar-refractivity contribution in [1.29, 1.82) is 0 Å². The van der Waals surface area contributed by atoms with Crippen LogP contribution in [0.3, 0.4) is 0 Å². The summed E-state index contributed by atoms with van der Waals surface area (Å²) in [5.41, 5.74) is -1.45. The molecule has 2 heteroatoms. The number of halogens is 1. The van der Waals surface area contributed by atoms with Gasteiger partial charge in [0.2, 0.25) is 0 Å². The summed E-state index contributed by atoms with van der Waals surface area (Å²) < 4.78 is 12.4. The fourth-order valence-electron chi connectivity index (χ4n) is 0.522. The Morgan fingerprint density at radius 1 is 1.62 bits per heavy atom. The van der Waals surface area contributed by atoms with Crippen LogP contribution in [0, 0.1) is 0 Å². The van der Waals surface area contributed by atoms with Gasteiger partial charge in [-0.3, -0.25) is 4.39 Å². The van der Waals surface area contributed by atoms with E-state index in [0.717, 1.165) is 12.8 Å². The van der Waals surface area contributed by atoms with Crippen molar-refractivity contribution in [1.82, 2.24) is 0 Å². The third-order valence-corrected chi connectivity index (χ3v) is 1.02. The molecule has 1 atom stereocenters. The monoisotopic (exact) mass is 114 g/mol. The van der Waals surface area contributed by atoms with Crippen LogP contribution in [0.4, 0.5) is 4.39 Å². The second-order valence-electron chi connectivity index (χ2n) is 2.38. The van der Waals surface area contributed by atoms with Crippen molar-refractivity contribution >= 4 is 7.85 Å². The van der Waals surface area contributed by atoms with E-state index in [1.54, 1.807) is 0 Å². The van der Waals surface area contributed by atoms with Gasteiger partial charge in [0.05, 0.1) is 5.57 Å². The molecule has 2 radical (unpaired) electrons. The molecule has 0 aromatic carbocycles. The summed E-state index contributed by atoms with van der Waals surface area (Å²) in [5, 5.41) is 0. The van der Waals surface area contributed by atoms with Crippen molar-refractivity contribution in [3.05, 3.63) is 0 Å². The molecule has 0 saturated heterocycles. The Hall–Kier alpha value is -0.00506. The Morgan fingerprint density at radius 2 is 2.12 bits per heavy atom. The molecule has 0 fully saturated rings. The van der Waals surface area contributed by atoms with E-state index in [9.17, 15) is 4.39 Å². The first kappa shape index (κ1) is 7.99. The van der Waals surface area contributed by atoms with Gasteiger partial charge >= 0.3 is 0 Å². The van der Waals surface area contributed by atoms with Crippen LogP contribution in [0.25, 0.3) is 0 Å². The highest BCUT2D eigenvalue weighted by molar-refractivity contribution is 6.14. The van der Waals surface area contributed by atoms with Crippen molar-refractivity contribution < 1.29 is 4.39 Å². The standard InChI is InChI=1S/C6H12BF/c1-3-4-5-6(2,7)8/h3-5H2,1-2H3. The van der Waals surface area contributed by atoms with Crippen molar-refractivity contribution in [2.45, 2.75) is 38.7 Å². The Kier molecular flexibility index (Phi) is 3.11. The van der Waals surface area contributed by atoms with Crippen molar-refractivity contribution in [2.75, 3.05) is 0 Å². The summed E-state index contributed by atoms with van der Waals surface area (Å²) in [6.07, 6.45) is 2.36. The molecule has 0 amide bonds. The molecule has 0 nitrogen and oxygen atoms in total.